The molecule has 0 amide bonds. The SMILES string of the molecule is O=[N+]([O-])c1c(NCCOCC2CC2)ccc2scnc12. The van der Waals surface area contributed by atoms with E-state index in [4.69, 9.17) is 4.74 Å². The minimum absolute atomic E-state index is 0.0472. The molecule has 0 bridgehead atoms. The van der Waals surface area contributed by atoms with E-state index in [0.29, 0.717) is 24.4 Å². The monoisotopic (exact) mass is 293 g/mol. The molecule has 7 heteroatoms. The van der Waals surface area contributed by atoms with Crippen LogP contribution in [0.1, 0.15) is 12.8 Å². The van der Waals surface area contributed by atoms with Crippen LogP contribution in [-0.4, -0.2) is 29.7 Å². The molecule has 3 rings (SSSR count). The predicted octanol–water partition coefficient (Wildman–Crippen LogP) is 3.04. The highest BCUT2D eigenvalue weighted by Crippen LogP contribution is 2.34. The number of hydrogen-bond donors (Lipinski definition) is 1. The van der Waals surface area contributed by atoms with Gasteiger partial charge in [-0.25, -0.2) is 4.98 Å². The van der Waals surface area contributed by atoms with Gasteiger partial charge in [0.2, 0.25) is 0 Å². The van der Waals surface area contributed by atoms with Crippen molar-refractivity contribution in [1.29, 1.82) is 0 Å². The Labute approximate surface area is 119 Å². The standard InChI is InChI=1S/C13H15N3O3S/c17-16(18)13-10(3-4-11-12(13)15-8-20-11)14-5-6-19-7-9-1-2-9/h3-4,8-9,14H,1-2,5-7H2. The summed E-state index contributed by atoms with van der Waals surface area (Å²) in [5, 5.41) is 14.3. The van der Waals surface area contributed by atoms with Crippen LogP contribution in [0.25, 0.3) is 10.2 Å². The van der Waals surface area contributed by atoms with Crippen LogP contribution in [-0.2, 0) is 4.74 Å². The lowest BCUT2D eigenvalue weighted by atomic mass is 10.2. The van der Waals surface area contributed by atoms with E-state index in [1.165, 1.54) is 24.2 Å². The van der Waals surface area contributed by atoms with Crippen LogP contribution >= 0.6 is 11.3 Å². The van der Waals surface area contributed by atoms with Crippen LogP contribution in [0, 0.1) is 16.0 Å². The highest BCUT2D eigenvalue weighted by atomic mass is 32.1. The lowest BCUT2D eigenvalue weighted by Crippen LogP contribution is -2.11. The van der Waals surface area contributed by atoms with E-state index >= 15 is 0 Å². The predicted molar refractivity (Wildman–Crippen MR) is 78.3 cm³/mol. The average Bonchev–Trinajstić information content (AvgIpc) is 3.13. The van der Waals surface area contributed by atoms with Crippen molar-refractivity contribution in [2.45, 2.75) is 12.8 Å². The van der Waals surface area contributed by atoms with Crippen molar-refractivity contribution >= 4 is 32.9 Å². The number of nitrogens with one attached hydrogen (secondary N) is 1. The average molecular weight is 293 g/mol. The number of anilines is 1. The summed E-state index contributed by atoms with van der Waals surface area (Å²) >= 11 is 1.40. The Kier molecular flexibility index (Phi) is 3.79. The third kappa shape index (κ3) is 2.88. The van der Waals surface area contributed by atoms with Crippen molar-refractivity contribution in [3.05, 3.63) is 27.8 Å². The Balaban J connectivity index is 1.66. The zero-order chi connectivity index (χ0) is 13.9. The Morgan fingerprint density at radius 3 is 3.10 bits per heavy atom. The van der Waals surface area contributed by atoms with Crippen LogP contribution in [0.5, 0.6) is 0 Å². The lowest BCUT2D eigenvalue weighted by Gasteiger charge is -2.08. The summed E-state index contributed by atoms with van der Waals surface area (Å²) in [6, 6.07) is 3.59. The molecule has 20 heavy (non-hydrogen) atoms. The van der Waals surface area contributed by atoms with Gasteiger partial charge in [-0.1, -0.05) is 0 Å². The molecule has 2 aromatic rings. The number of hydrogen-bond acceptors (Lipinski definition) is 6. The first-order valence-corrected chi connectivity index (χ1v) is 7.46. The Hall–Kier alpha value is -1.73. The highest BCUT2D eigenvalue weighted by molar-refractivity contribution is 7.16. The maximum atomic E-state index is 11.2. The minimum atomic E-state index is -0.380. The smallest absolute Gasteiger partial charge is 0.319 e. The third-order valence-corrected chi connectivity index (χ3v) is 4.06. The van der Waals surface area contributed by atoms with E-state index in [-0.39, 0.29) is 10.6 Å². The van der Waals surface area contributed by atoms with Gasteiger partial charge in [0.25, 0.3) is 0 Å². The van der Waals surface area contributed by atoms with Crippen LogP contribution in [0.15, 0.2) is 17.6 Å². The second-order valence-corrected chi connectivity index (χ2v) is 5.75. The molecular weight excluding hydrogens is 278 g/mol. The molecule has 1 aliphatic rings. The van der Waals surface area contributed by atoms with Crippen LogP contribution in [0.4, 0.5) is 11.4 Å². The molecule has 106 valence electrons. The number of fused-ring (bicyclic) bond motifs is 1. The fourth-order valence-electron chi connectivity index (χ4n) is 2.04. The van der Waals surface area contributed by atoms with Crippen molar-refractivity contribution < 1.29 is 9.66 Å². The molecule has 1 saturated carbocycles. The first-order chi connectivity index (χ1) is 9.75. The van der Waals surface area contributed by atoms with E-state index in [1.54, 1.807) is 11.6 Å². The maximum absolute atomic E-state index is 11.2. The molecule has 1 N–H and O–H groups in total. The van der Waals surface area contributed by atoms with E-state index in [0.717, 1.165) is 17.2 Å². The van der Waals surface area contributed by atoms with E-state index in [2.05, 4.69) is 10.3 Å². The number of nitro groups is 1. The lowest BCUT2D eigenvalue weighted by molar-refractivity contribution is -0.382. The van der Waals surface area contributed by atoms with Gasteiger partial charge in [-0.15, -0.1) is 11.3 Å². The summed E-state index contributed by atoms with van der Waals surface area (Å²) in [6.07, 6.45) is 2.53. The summed E-state index contributed by atoms with van der Waals surface area (Å²) in [5.41, 5.74) is 2.62. The van der Waals surface area contributed by atoms with Gasteiger partial charge in [0.15, 0.2) is 5.52 Å². The third-order valence-electron chi connectivity index (χ3n) is 3.27. The zero-order valence-electron chi connectivity index (χ0n) is 10.9. The van der Waals surface area contributed by atoms with Crippen molar-refractivity contribution in [2.75, 3.05) is 25.1 Å². The highest BCUT2D eigenvalue weighted by Gasteiger charge is 2.22. The van der Waals surface area contributed by atoms with E-state index in [9.17, 15) is 10.1 Å². The molecule has 0 atom stereocenters. The zero-order valence-corrected chi connectivity index (χ0v) is 11.7. The first-order valence-electron chi connectivity index (χ1n) is 6.58. The van der Waals surface area contributed by atoms with Crippen molar-refractivity contribution in [2.24, 2.45) is 5.92 Å². The molecule has 1 heterocycles. The normalized spacial score (nSPS) is 14.6. The number of thiazole rings is 1. The van der Waals surface area contributed by atoms with Gasteiger partial charge >= 0.3 is 5.69 Å². The molecule has 1 fully saturated rings. The van der Waals surface area contributed by atoms with Crippen LogP contribution < -0.4 is 5.32 Å². The summed E-state index contributed by atoms with van der Waals surface area (Å²) in [4.78, 5) is 14.9. The van der Waals surface area contributed by atoms with Gasteiger partial charge in [0, 0.05) is 13.2 Å². The Morgan fingerprint density at radius 1 is 1.50 bits per heavy atom. The largest absolute Gasteiger partial charge is 0.379 e. The van der Waals surface area contributed by atoms with Crippen molar-refractivity contribution in [3.8, 4) is 0 Å². The quantitative estimate of drug-likeness (QED) is 0.482. The molecule has 0 unspecified atom stereocenters. The van der Waals surface area contributed by atoms with Crippen LogP contribution in [0.2, 0.25) is 0 Å². The summed E-state index contributed by atoms with van der Waals surface area (Å²) < 4.78 is 6.33. The molecule has 0 radical (unpaired) electrons. The van der Waals surface area contributed by atoms with Crippen molar-refractivity contribution in [3.63, 3.8) is 0 Å². The number of ether oxygens (including phenoxy) is 1. The number of nitro benzene ring substituents is 1. The molecule has 1 aliphatic carbocycles. The van der Waals surface area contributed by atoms with E-state index < -0.39 is 0 Å². The van der Waals surface area contributed by atoms with Gasteiger partial charge in [-0.3, -0.25) is 10.1 Å². The number of aromatic nitrogens is 1. The van der Waals surface area contributed by atoms with Gasteiger partial charge < -0.3 is 10.1 Å². The molecule has 6 nitrogen and oxygen atoms in total. The van der Waals surface area contributed by atoms with Crippen molar-refractivity contribution in [1.82, 2.24) is 4.98 Å². The molecule has 0 aliphatic heterocycles. The van der Waals surface area contributed by atoms with Gasteiger partial charge in [-0.05, 0) is 30.9 Å². The Bertz CT molecular complexity index is 624. The molecule has 0 saturated heterocycles. The topological polar surface area (TPSA) is 77.3 Å². The van der Waals surface area contributed by atoms with Gasteiger partial charge in [-0.2, -0.15) is 0 Å². The molecule has 1 aromatic heterocycles. The fourth-order valence-corrected chi connectivity index (χ4v) is 2.72. The fraction of sp³-hybridized carbons (Fsp3) is 0.462. The van der Waals surface area contributed by atoms with Gasteiger partial charge in [0.1, 0.15) is 5.69 Å². The number of rotatable bonds is 7. The van der Waals surface area contributed by atoms with E-state index in [1.807, 2.05) is 6.07 Å². The minimum Gasteiger partial charge on any atom is -0.379 e. The molecule has 0 spiro atoms. The summed E-state index contributed by atoms with van der Waals surface area (Å²) in [6.45, 7) is 1.92. The summed E-state index contributed by atoms with van der Waals surface area (Å²) in [5.74, 6) is 0.732. The first kappa shape index (κ1) is 13.3. The second kappa shape index (κ2) is 5.72. The molecular formula is C13H15N3O3S. The summed E-state index contributed by atoms with van der Waals surface area (Å²) in [7, 11) is 0. The van der Waals surface area contributed by atoms with Gasteiger partial charge in [0.05, 0.1) is 21.7 Å². The Morgan fingerprint density at radius 2 is 2.35 bits per heavy atom. The second-order valence-electron chi connectivity index (χ2n) is 4.86. The maximum Gasteiger partial charge on any atom is 0.319 e. The number of nitrogens with zero attached hydrogens (tertiary/aromatic N) is 2. The van der Waals surface area contributed by atoms with Crippen LogP contribution in [0.3, 0.4) is 0 Å². The molecule has 1 aromatic carbocycles. The number of benzene rings is 1.